The fourth-order valence-electron chi connectivity index (χ4n) is 1.98. The third-order valence-corrected chi connectivity index (χ3v) is 3.17. The molecule has 0 aliphatic carbocycles. The molecule has 21 heavy (non-hydrogen) atoms. The molecule has 0 atom stereocenters. The molecule has 6 nitrogen and oxygen atoms in total. The molecule has 0 aliphatic heterocycles. The second-order valence-electron chi connectivity index (χ2n) is 4.60. The van der Waals surface area contributed by atoms with Crippen molar-refractivity contribution < 1.29 is 14.4 Å². The minimum absolute atomic E-state index is 0.0518. The highest BCUT2D eigenvalue weighted by Gasteiger charge is 2.15. The number of aromatic nitrogens is 2. The first-order valence-electron chi connectivity index (χ1n) is 6.61. The van der Waals surface area contributed by atoms with Gasteiger partial charge in [-0.2, -0.15) is 4.98 Å². The van der Waals surface area contributed by atoms with Crippen molar-refractivity contribution in [3.8, 4) is 11.5 Å². The summed E-state index contributed by atoms with van der Waals surface area (Å²) < 4.78 is 5.20. The molecule has 1 aromatic carbocycles. The lowest BCUT2D eigenvalue weighted by molar-refractivity contribution is -0.138. The van der Waals surface area contributed by atoms with Gasteiger partial charge < -0.3 is 9.63 Å². The number of benzene rings is 1. The van der Waals surface area contributed by atoms with Crippen LogP contribution >= 0.6 is 11.6 Å². The van der Waals surface area contributed by atoms with Gasteiger partial charge in [0.25, 0.3) is 5.89 Å². The number of halogens is 1. The zero-order chi connectivity index (χ0) is 15.2. The molecule has 0 saturated carbocycles. The first kappa shape index (κ1) is 15.5. The SMILES string of the molecule is CCCN(CC(=O)O)Cc1noc(-c2ccccc2Cl)n1. The van der Waals surface area contributed by atoms with Gasteiger partial charge in [0.2, 0.25) is 0 Å². The van der Waals surface area contributed by atoms with Gasteiger partial charge in [0.1, 0.15) is 0 Å². The Kier molecular flexibility index (Phi) is 5.30. The topological polar surface area (TPSA) is 79.5 Å². The zero-order valence-electron chi connectivity index (χ0n) is 11.6. The molecule has 0 fully saturated rings. The van der Waals surface area contributed by atoms with Crippen LogP contribution < -0.4 is 0 Å². The van der Waals surface area contributed by atoms with E-state index in [0.29, 0.717) is 35.4 Å². The first-order chi connectivity index (χ1) is 10.1. The molecular formula is C14H16ClN3O3. The van der Waals surface area contributed by atoms with Gasteiger partial charge in [0.15, 0.2) is 5.82 Å². The Labute approximate surface area is 127 Å². The van der Waals surface area contributed by atoms with E-state index in [1.54, 1.807) is 17.0 Å². The molecule has 2 aromatic rings. The lowest BCUT2D eigenvalue weighted by Crippen LogP contribution is -2.30. The number of carbonyl (C=O) groups is 1. The van der Waals surface area contributed by atoms with Crippen LogP contribution in [0.5, 0.6) is 0 Å². The third-order valence-electron chi connectivity index (χ3n) is 2.84. The summed E-state index contributed by atoms with van der Waals surface area (Å²) in [7, 11) is 0. The molecule has 7 heteroatoms. The Morgan fingerprint density at radius 1 is 1.43 bits per heavy atom. The molecule has 0 amide bonds. The number of carboxylic acid groups (broad SMARTS) is 1. The predicted octanol–water partition coefficient (Wildman–Crippen LogP) is 2.69. The maximum absolute atomic E-state index is 10.8. The van der Waals surface area contributed by atoms with Crippen LogP contribution in [0.3, 0.4) is 0 Å². The molecule has 1 heterocycles. The van der Waals surface area contributed by atoms with Crippen LogP contribution in [0, 0.1) is 0 Å². The minimum Gasteiger partial charge on any atom is -0.480 e. The average molecular weight is 310 g/mol. The molecule has 0 unspecified atom stereocenters. The number of rotatable bonds is 7. The molecule has 0 spiro atoms. The monoisotopic (exact) mass is 309 g/mol. The van der Waals surface area contributed by atoms with E-state index in [9.17, 15) is 4.79 Å². The van der Waals surface area contributed by atoms with E-state index in [1.807, 2.05) is 19.1 Å². The highest BCUT2D eigenvalue weighted by Crippen LogP contribution is 2.25. The lowest BCUT2D eigenvalue weighted by Gasteiger charge is -2.16. The van der Waals surface area contributed by atoms with E-state index in [-0.39, 0.29) is 6.54 Å². The van der Waals surface area contributed by atoms with Crippen LogP contribution in [0.15, 0.2) is 28.8 Å². The van der Waals surface area contributed by atoms with Crippen LogP contribution in [-0.4, -0.2) is 39.2 Å². The van der Waals surface area contributed by atoms with Crippen molar-refractivity contribution in [2.45, 2.75) is 19.9 Å². The van der Waals surface area contributed by atoms with Gasteiger partial charge in [0, 0.05) is 0 Å². The van der Waals surface area contributed by atoms with Crippen molar-refractivity contribution in [2.75, 3.05) is 13.1 Å². The molecule has 1 aromatic heterocycles. The quantitative estimate of drug-likeness (QED) is 0.847. The number of aliphatic carboxylic acids is 1. The highest BCUT2D eigenvalue weighted by molar-refractivity contribution is 6.33. The van der Waals surface area contributed by atoms with Crippen molar-refractivity contribution in [3.63, 3.8) is 0 Å². The highest BCUT2D eigenvalue weighted by atomic mass is 35.5. The molecule has 0 saturated heterocycles. The normalized spacial score (nSPS) is 11.0. The molecule has 0 aliphatic rings. The molecular weight excluding hydrogens is 294 g/mol. The van der Waals surface area contributed by atoms with Crippen molar-refractivity contribution >= 4 is 17.6 Å². The summed E-state index contributed by atoms with van der Waals surface area (Å²) in [6.45, 7) is 2.92. The van der Waals surface area contributed by atoms with Gasteiger partial charge >= 0.3 is 5.97 Å². The fraction of sp³-hybridized carbons (Fsp3) is 0.357. The lowest BCUT2D eigenvalue weighted by atomic mass is 10.2. The standard InChI is InChI=1S/C14H16ClN3O3/c1-2-7-18(9-13(19)20)8-12-16-14(21-17-12)10-5-3-4-6-11(10)15/h3-6H,2,7-9H2,1H3,(H,19,20). The summed E-state index contributed by atoms with van der Waals surface area (Å²) in [5, 5.41) is 13.3. The van der Waals surface area contributed by atoms with Crippen LogP contribution in [0.4, 0.5) is 0 Å². The second kappa shape index (κ2) is 7.19. The minimum atomic E-state index is -0.877. The van der Waals surface area contributed by atoms with E-state index >= 15 is 0 Å². The Morgan fingerprint density at radius 3 is 2.86 bits per heavy atom. The van der Waals surface area contributed by atoms with E-state index in [4.69, 9.17) is 21.2 Å². The van der Waals surface area contributed by atoms with Crippen LogP contribution in [0.2, 0.25) is 5.02 Å². The van der Waals surface area contributed by atoms with Crippen molar-refractivity contribution in [2.24, 2.45) is 0 Å². The van der Waals surface area contributed by atoms with Crippen LogP contribution in [0.1, 0.15) is 19.2 Å². The third kappa shape index (κ3) is 4.27. The summed E-state index contributed by atoms with van der Waals surface area (Å²) in [5.74, 6) is -0.0970. The van der Waals surface area contributed by atoms with E-state index in [0.717, 1.165) is 6.42 Å². The van der Waals surface area contributed by atoms with Gasteiger partial charge in [-0.1, -0.05) is 35.8 Å². The fourth-order valence-corrected chi connectivity index (χ4v) is 2.20. The van der Waals surface area contributed by atoms with Gasteiger partial charge in [0.05, 0.1) is 23.7 Å². The second-order valence-corrected chi connectivity index (χ2v) is 5.01. The average Bonchev–Trinajstić information content (AvgIpc) is 2.87. The number of carboxylic acids is 1. The molecule has 112 valence electrons. The van der Waals surface area contributed by atoms with Gasteiger partial charge in [-0.15, -0.1) is 0 Å². The van der Waals surface area contributed by atoms with Crippen molar-refractivity contribution in [1.82, 2.24) is 15.0 Å². The van der Waals surface area contributed by atoms with Crippen molar-refractivity contribution in [3.05, 3.63) is 35.1 Å². The van der Waals surface area contributed by atoms with Crippen LogP contribution in [-0.2, 0) is 11.3 Å². The number of hydrogen-bond acceptors (Lipinski definition) is 5. The summed E-state index contributed by atoms with van der Waals surface area (Å²) in [4.78, 5) is 16.9. The summed E-state index contributed by atoms with van der Waals surface area (Å²) in [5.41, 5.74) is 0.665. The van der Waals surface area contributed by atoms with Crippen molar-refractivity contribution in [1.29, 1.82) is 0 Å². The Balaban J connectivity index is 2.12. The largest absolute Gasteiger partial charge is 0.480 e. The molecule has 0 bridgehead atoms. The summed E-state index contributed by atoms with van der Waals surface area (Å²) in [6, 6.07) is 7.19. The van der Waals surface area contributed by atoms with E-state index in [2.05, 4.69) is 10.1 Å². The summed E-state index contributed by atoms with van der Waals surface area (Å²) >= 11 is 6.08. The predicted molar refractivity (Wildman–Crippen MR) is 77.9 cm³/mol. The Morgan fingerprint density at radius 2 is 2.19 bits per heavy atom. The van der Waals surface area contributed by atoms with E-state index in [1.165, 1.54) is 0 Å². The van der Waals surface area contributed by atoms with Gasteiger partial charge in [-0.05, 0) is 25.1 Å². The van der Waals surface area contributed by atoms with Gasteiger partial charge in [-0.3, -0.25) is 9.69 Å². The zero-order valence-corrected chi connectivity index (χ0v) is 12.4. The summed E-state index contributed by atoms with van der Waals surface area (Å²) in [6.07, 6.45) is 0.850. The smallest absolute Gasteiger partial charge is 0.317 e. The maximum Gasteiger partial charge on any atom is 0.317 e. The molecule has 0 radical (unpaired) electrons. The molecule has 2 rings (SSSR count). The molecule has 1 N–H and O–H groups in total. The Hall–Kier alpha value is -1.92. The Bertz CT molecular complexity index is 615. The van der Waals surface area contributed by atoms with Crippen LogP contribution in [0.25, 0.3) is 11.5 Å². The first-order valence-corrected chi connectivity index (χ1v) is 6.99. The van der Waals surface area contributed by atoms with Gasteiger partial charge in [-0.25, -0.2) is 0 Å². The maximum atomic E-state index is 10.8. The number of nitrogens with zero attached hydrogens (tertiary/aromatic N) is 3. The number of hydrogen-bond donors (Lipinski definition) is 1. The van der Waals surface area contributed by atoms with E-state index < -0.39 is 5.97 Å².